The SMILES string of the molecule is COCCCNC(=O)C(C)OC(=O)c1ccc(N)c(C)c1. The zero-order chi connectivity index (χ0) is 15.8. The van der Waals surface area contributed by atoms with Crippen molar-refractivity contribution in [3.63, 3.8) is 0 Å². The Kier molecular flexibility index (Phi) is 6.68. The summed E-state index contributed by atoms with van der Waals surface area (Å²) in [5, 5.41) is 2.68. The van der Waals surface area contributed by atoms with Crippen molar-refractivity contribution in [2.75, 3.05) is 26.0 Å². The van der Waals surface area contributed by atoms with Crippen molar-refractivity contribution < 1.29 is 19.1 Å². The van der Waals surface area contributed by atoms with Crippen LogP contribution in [0.1, 0.15) is 29.3 Å². The molecule has 0 aromatic heterocycles. The van der Waals surface area contributed by atoms with Gasteiger partial charge in [0.25, 0.3) is 5.91 Å². The molecule has 0 aliphatic carbocycles. The smallest absolute Gasteiger partial charge is 0.338 e. The highest BCUT2D eigenvalue weighted by atomic mass is 16.5. The molecule has 116 valence electrons. The summed E-state index contributed by atoms with van der Waals surface area (Å²) in [6, 6.07) is 4.86. The molecule has 6 heteroatoms. The maximum absolute atomic E-state index is 11.9. The minimum Gasteiger partial charge on any atom is -0.449 e. The number of aryl methyl sites for hydroxylation is 1. The van der Waals surface area contributed by atoms with E-state index in [1.54, 1.807) is 32.2 Å². The fourth-order valence-electron chi connectivity index (χ4n) is 1.66. The normalized spacial score (nSPS) is 11.8. The lowest BCUT2D eigenvalue weighted by molar-refractivity contribution is -0.129. The molecular formula is C15H22N2O4. The second-order valence-electron chi connectivity index (χ2n) is 4.76. The fraction of sp³-hybridized carbons (Fsp3) is 0.467. The number of anilines is 1. The maximum Gasteiger partial charge on any atom is 0.338 e. The van der Waals surface area contributed by atoms with E-state index in [2.05, 4.69) is 5.32 Å². The lowest BCUT2D eigenvalue weighted by atomic mass is 10.1. The summed E-state index contributed by atoms with van der Waals surface area (Å²) >= 11 is 0. The molecule has 3 N–H and O–H groups in total. The molecule has 1 aromatic rings. The largest absolute Gasteiger partial charge is 0.449 e. The van der Waals surface area contributed by atoms with Crippen LogP contribution in [0, 0.1) is 6.92 Å². The molecule has 0 aliphatic heterocycles. The zero-order valence-electron chi connectivity index (χ0n) is 12.6. The van der Waals surface area contributed by atoms with E-state index in [4.69, 9.17) is 15.2 Å². The summed E-state index contributed by atoms with van der Waals surface area (Å²) in [5.74, 6) is -0.871. The molecule has 0 saturated heterocycles. The molecule has 1 unspecified atom stereocenters. The van der Waals surface area contributed by atoms with Crippen LogP contribution >= 0.6 is 0 Å². The van der Waals surface area contributed by atoms with Crippen molar-refractivity contribution in [3.8, 4) is 0 Å². The monoisotopic (exact) mass is 294 g/mol. The van der Waals surface area contributed by atoms with Crippen LogP contribution in [-0.4, -0.2) is 38.2 Å². The van der Waals surface area contributed by atoms with Crippen LogP contribution in [0.15, 0.2) is 18.2 Å². The van der Waals surface area contributed by atoms with E-state index in [-0.39, 0.29) is 5.91 Å². The lowest BCUT2D eigenvalue weighted by Crippen LogP contribution is -2.36. The van der Waals surface area contributed by atoms with Gasteiger partial charge >= 0.3 is 5.97 Å². The number of hydrogen-bond acceptors (Lipinski definition) is 5. The summed E-state index contributed by atoms with van der Waals surface area (Å²) < 4.78 is 10.0. The van der Waals surface area contributed by atoms with Crippen LogP contribution in [0.25, 0.3) is 0 Å². The number of nitrogens with one attached hydrogen (secondary N) is 1. The highest BCUT2D eigenvalue weighted by Gasteiger charge is 2.18. The van der Waals surface area contributed by atoms with E-state index in [1.807, 2.05) is 0 Å². The van der Waals surface area contributed by atoms with Gasteiger partial charge in [0.05, 0.1) is 5.56 Å². The molecular weight excluding hydrogens is 272 g/mol. The first kappa shape index (κ1) is 17.0. The van der Waals surface area contributed by atoms with Gasteiger partial charge < -0.3 is 20.5 Å². The van der Waals surface area contributed by atoms with Crippen molar-refractivity contribution in [1.82, 2.24) is 5.32 Å². The van der Waals surface area contributed by atoms with Crippen molar-refractivity contribution in [3.05, 3.63) is 29.3 Å². The van der Waals surface area contributed by atoms with Crippen LogP contribution < -0.4 is 11.1 Å². The van der Waals surface area contributed by atoms with Gasteiger partial charge in [0.2, 0.25) is 0 Å². The van der Waals surface area contributed by atoms with Crippen LogP contribution in [0.5, 0.6) is 0 Å². The van der Waals surface area contributed by atoms with Crippen LogP contribution in [0.4, 0.5) is 5.69 Å². The standard InChI is InChI=1S/C15H22N2O4/c1-10-9-12(5-6-13(10)16)15(19)21-11(2)14(18)17-7-4-8-20-3/h5-6,9,11H,4,7-8,16H2,1-3H3,(H,17,18). The third-order valence-corrected chi connectivity index (χ3v) is 2.98. The van der Waals surface area contributed by atoms with Crippen molar-refractivity contribution >= 4 is 17.6 Å². The Labute approximate surface area is 124 Å². The molecule has 0 saturated carbocycles. The summed E-state index contributed by atoms with van der Waals surface area (Å²) in [6.45, 7) is 4.39. The quantitative estimate of drug-likeness (QED) is 0.449. The fourth-order valence-corrected chi connectivity index (χ4v) is 1.66. The first-order valence-electron chi connectivity index (χ1n) is 6.79. The number of ether oxygens (including phenoxy) is 2. The third kappa shape index (κ3) is 5.43. The van der Waals surface area contributed by atoms with Crippen LogP contribution in [0.3, 0.4) is 0 Å². The number of benzene rings is 1. The maximum atomic E-state index is 11.9. The molecule has 6 nitrogen and oxygen atoms in total. The average Bonchev–Trinajstić information content (AvgIpc) is 2.46. The Hall–Kier alpha value is -2.08. The second kappa shape index (κ2) is 8.26. The first-order valence-corrected chi connectivity index (χ1v) is 6.79. The summed E-state index contributed by atoms with van der Waals surface area (Å²) in [7, 11) is 1.60. The first-order chi connectivity index (χ1) is 9.95. The number of rotatable bonds is 7. The molecule has 0 radical (unpaired) electrons. The van der Waals surface area contributed by atoms with Crippen molar-refractivity contribution in [2.45, 2.75) is 26.4 Å². The van der Waals surface area contributed by atoms with Gasteiger partial charge in [-0.3, -0.25) is 4.79 Å². The minimum absolute atomic E-state index is 0.327. The predicted molar refractivity (Wildman–Crippen MR) is 80.0 cm³/mol. The van der Waals surface area contributed by atoms with Crippen molar-refractivity contribution in [1.29, 1.82) is 0 Å². The Balaban J connectivity index is 2.49. The van der Waals surface area contributed by atoms with E-state index in [0.29, 0.717) is 30.8 Å². The van der Waals surface area contributed by atoms with E-state index < -0.39 is 12.1 Å². The molecule has 1 rings (SSSR count). The molecule has 0 heterocycles. The molecule has 1 aromatic carbocycles. The number of hydrogen-bond donors (Lipinski definition) is 2. The Bertz CT molecular complexity index is 502. The van der Waals surface area contributed by atoms with Gasteiger partial charge in [-0.05, 0) is 44.0 Å². The number of amides is 1. The van der Waals surface area contributed by atoms with Crippen LogP contribution in [0.2, 0.25) is 0 Å². The topological polar surface area (TPSA) is 90.6 Å². The van der Waals surface area contributed by atoms with Gasteiger partial charge in [0.15, 0.2) is 6.10 Å². The molecule has 0 aliphatic rings. The molecule has 0 bridgehead atoms. The van der Waals surface area contributed by atoms with E-state index in [1.165, 1.54) is 6.92 Å². The van der Waals surface area contributed by atoms with Gasteiger partial charge in [-0.1, -0.05) is 0 Å². The Morgan fingerprint density at radius 1 is 1.38 bits per heavy atom. The number of nitrogens with two attached hydrogens (primary N) is 1. The third-order valence-electron chi connectivity index (χ3n) is 2.98. The molecule has 0 fully saturated rings. The average molecular weight is 294 g/mol. The summed E-state index contributed by atoms with van der Waals surface area (Å²) in [6.07, 6.45) is -0.141. The van der Waals surface area contributed by atoms with E-state index >= 15 is 0 Å². The predicted octanol–water partition coefficient (Wildman–Crippen LogP) is 1.28. The number of esters is 1. The zero-order valence-corrected chi connectivity index (χ0v) is 12.6. The van der Waals surface area contributed by atoms with Gasteiger partial charge in [0, 0.05) is 25.9 Å². The molecule has 1 amide bonds. The van der Waals surface area contributed by atoms with E-state index in [0.717, 1.165) is 5.56 Å². The van der Waals surface area contributed by atoms with Crippen LogP contribution in [-0.2, 0) is 14.3 Å². The number of carbonyl (C=O) groups is 2. The second-order valence-corrected chi connectivity index (χ2v) is 4.76. The molecule has 1 atom stereocenters. The number of methoxy groups -OCH3 is 1. The lowest BCUT2D eigenvalue weighted by Gasteiger charge is -2.14. The minimum atomic E-state index is -0.849. The number of nitrogen functional groups attached to an aromatic ring is 1. The van der Waals surface area contributed by atoms with Gasteiger partial charge in [0.1, 0.15) is 0 Å². The Morgan fingerprint density at radius 2 is 2.10 bits per heavy atom. The molecule has 21 heavy (non-hydrogen) atoms. The number of carbonyl (C=O) groups excluding carboxylic acids is 2. The van der Waals surface area contributed by atoms with Crippen molar-refractivity contribution in [2.24, 2.45) is 0 Å². The van der Waals surface area contributed by atoms with Gasteiger partial charge in [-0.25, -0.2) is 4.79 Å². The summed E-state index contributed by atoms with van der Waals surface area (Å²) in [4.78, 5) is 23.7. The van der Waals surface area contributed by atoms with E-state index in [9.17, 15) is 9.59 Å². The highest BCUT2D eigenvalue weighted by molar-refractivity contribution is 5.92. The highest BCUT2D eigenvalue weighted by Crippen LogP contribution is 2.14. The summed E-state index contributed by atoms with van der Waals surface area (Å²) in [5.41, 5.74) is 7.47. The molecule has 0 spiro atoms. The Morgan fingerprint density at radius 3 is 2.71 bits per heavy atom. The van der Waals surface area contributed by atoms with Gasteiger partial charge in [-0.2, -0.15) is 0 Å². The van der Waals surface area contributed by atoms with Gasteiger partial charge in [-0.15, -0.1) is 0 Å².